The van der Waals surface area contributed by atoms with Gasteiger partial charge in [0.05, 0.1) is 12.5 Å². The zero-order chi connectivity index (χ0) is 10.4. The molecule has 0 bridgehead atoms. The largest absolute Gasteiger partial charge is 0.466 e. The van der Waals surface area contributed by atoms with Crippen molar-refractivity contribution in [3.8, 4) is 0 Å². The van der Waals surface area contributed by atoms with Crippen LogP contribution in [0.1, 0.15) is 45.4 Å². The van der Waals surface area contributed by atoms with Gasteiger partial charge in [-0.1, -0.05) is 25.7 Å². The Balaban J connectivity index is 2.48. The fourth-order valence-corrected chi connectivity index (χ4v) is 2.06. The normalized spacial score (nSPS) is 29.0. The van der Waals surface area contributed by atoms with Crippen LogP contribution in [0.4, 0.5) is 0 Å². The summed E-state index contributed by atoms with van der Waals surface area (Å²) in [7, 11) is 0. The second-order valence-corrected chi connectivity index (χ2v) is 4.01. The average molecular weight is 199 g/mol. The molecule has 0 aromatic heterocycles. The summed E-state index contributed by atoms with van der Waals surface area (Å²) in [6, 6.07) is 0.00866. The molecule has 82 valence electrons. The molecule has 0 saturated heterocycles. The minimum Gasteiger partial charge on any atom is -0.466 e. The van der Waals surface area contributed by atoms with Gasteiger partial charge in [-0.25, -0.2) is 0 Å². The molecule has 3 heteroatoms. The monoisotopic (exact) mass is 199 g/mol. The fourth-order valence-electron chi connectivity index (χ4n) is 2.06. The molecule has 0 amide bonds. The molecule has 0 radical (unpaired) electrons. The van der Waals surface area contributed by atoms with E-state index >= 15 is 0 Å². The van der Waals surface area contributed by atoms with Gasteiger partial charge < -0.3 is 10.5 Å². The maximum absolute atomic E-state index is 11.6. The van der Waals surface area contributed by atoms with Crippen molar-refractivity contribution in [2.45, 2.75) is 51.5 Å². The topological polar surface area (TPSA) is 52.3 Å². The van der Waals surface area contributed by atoms with Gasteiger partial charge in [-0.05, 0) is 19.8 Å². The molecule has 3 nitrogen and oxygen atoms in total. The van der Waals surface area contributed by atoms with Crippen LogP contribution in [0.3, 0.4) is 0 Å². The summed E-state index contributed by atoms with van der Waals surface area (Å²) in [6.45, 7) is 2.30. The molecule has 1 saturated carbocycles. The van der Waals surface area contributed by atoms with Gasteiger partial charge in [0.15, 0.2) is 0 Å². The Hall–Kier alpha value is -0.570. The maximum Gasteiger partial charge on any atom is 0.310 e. The van der Waals surface area contributed by atoms with Gasteiger partial charge in [-0.15, -0.1) is 0 Å². The lowest BCUT2D eigenvalue weighted by molar-refractivity contribution is -0.149. The number of hydrogen-bond acceptors (Lipinski definition) is 3. The Morgan fingerprint density at radius 1 is 1.29 bits per heavy atom. The zero-order valence-electron chi connectivity index (χ0n) is 9.00. The van der Waals surface area contributed by atoms with Crippen LogP contribution in [0.15, 0.2) is 0 Å². The summed E-state index contributed by atoms with van der Waals surface area (Å²) in [5, 5.41) is 0. The Kier molecular flexibility index (Phi) is 4.94. The van der Waals surface area contributed by atoms with Crippen LogP contribution in [0.2, 0.25) is 0 Å². The van der Waals surface area contributed by atoms with Crippen molar-refractivity contribution >= 4 is 5.97 Å². The van der Waals surface area contributed by atoms with Crippen molar-refractivity contribution in [2.24, 2.45) is 11.7 Å². The maximum atomic E-state index is 11.6. The van der Waals surface area contributed by atoms with E-state index in [0.717, 1.165) is 25.7 Å². The van der Waals surface area contributed by atoms with Gasteiger partial charge in [0.25, 0.3) is 0 Å². The van der Waals surface area contributed by atoms with Crippen molar-refractivity contribution in [3.05, 3.63) is 0 Å². The average Bonchev–Trinajstić information content (AvgIpc) is 2.12. The van der Waals surface area contributed by atoms with Crippen molar-refractivity contribution in [2.75, 3.05) is 6.61 Å². The van der Waals surface area contributed by atoms with Crippen molar-refractivity contribution < 1.29 is 9.53 Å². The van der Waals surface area contributed by atoms with E-state index in [1.165, 1.54) is 12.8 Å². The van der Waals surface area contributed by atoms with Crippen LogP contribution in [0, 0.1) is 5.92 Å². The third-order valence-corrected chi connectivity index (χ3v) is 2.91. The first kappa shape index (κ1) is 11.5. The summed E-state index contributed by atoms with van der Waals surface area (Å²) >= 11 is 0. The first-order valence-electron chi connectivity index (χ1n) is 5.68. The lowest BCUT2D eigenvalue weighted by Gasteiger charge is -2.24. The van der Waals surface area contributed by atoms with Crippen molar-refractivity contribution in [1.29, 1.82) is 0 Å². The molecule has 1 aliphatic carbocycles. The van der Waals surface area contributed by atoms with Crippen molar-refractivity contribution in [1.82, 2.24) is 0 Å². The van der Waals surface area contributed by atoms with E-state index in [2.05, 4.69) is 0 Å². The molecule has 14 heavy (non-hydrogen) atoms. The summed E-state index contributed by atoms with van der Waals surface area (Å²) in [4.78, 5) is 11.6. The van der Waals surface area contributed by atoms with Crippen molar-refractivity contribution in [3.63, 3.8) is 0 Å². The summed E-state index contributed by atoms with van der Waals surface area (Å²) in [5.74, 6) is -0.155. The number of carbonyl (C=O) groups excluding carboxylic acids is 1. The number of carbonyl (C=O) groups is 1. The molecule has 0 aromatic rings. The molecule has 2 atom stereocenters. The lowest BCUT2D eigenvalue weighted by Crippen LogP contribution is -2.37. The molecule has 0 spiro atoms. The smallest absolute Gasteiger partial charge is 0.310 e. The number of esters is 1. The van der Waals surface area contributed by atoms with Gasteiger partial charge in [0.1, 0.15) is 0 Å². The number of nitrogens with two attached hydrogens (primary N) is 1. The summed E-state index contributed by atoms with van der Waals surface area (Å²) in [6.07, 6.45) is 6.60. The first-order valence-corrected chi connectivity index (χ1v) is 5.68. The van der Waals surface area contributed by atoms with Crippen LogP contribution in [-0.4, -0.2) is 18.6 Å². The molecule has 0 aromatic carbocycles. The highest BCUT2D eigenvalue weighted by Crippen LogP contribution is 2.22. The SMILES string of the molecule is CCOC(=O)[C@H]1CCCCCC[C@@H]1N. The zero-order valence-corrected chi connectivity index (χ0v) is 9.00. The van der Waals surface area contributed by atoms with E-state index in [0.29, 0.717) is 6.61 Å². The van der Waals surface area contributed by atoms with Crippen LogP contribution >= 0.6 is 0 Å². The van der Waals surface area contributed by atoms with Gasteiger partial charge in [0.2, 0.25) is 0 Å². The van der Waals surface area contributed by atoms with Crippen LogP contribution in [-0.2, 0) is 9.53 Å². The molecule has 1 fully saturated rings. The van der Waals surface area contributed by atoms with Gasteiger partial charge in [0, 0.05) is 6.04 Å². The predicted octanol–water partition coefficient (Wildman–Crippen LogP) is 1.85. The van der Waals surface area contributed by atoms with Gasteiger partial charge in [-0.3, -0.25) is 4.79 Å². The van der Waals surface area contributed by atoms with E-state index < -0.39 is 0 Å². The molecule has 1 aliphatic rings. The minimum atomic E-state index is -0.0955. The highest BCUT2D eigenvalue weighted by Gasteiger charge is 2.27. The quantitative estimate of drug-likeness (QED) is 0.690. The molecule has 2 N–H and O–H groups in total. The van der Waals surface area contributed by atoms with E-state index in [4.69, 9.17) is 10.5 Å². The predicted molar refractivity (Wildman–Crippen MR) is 55.8 cm³/mol. The van der Waals surface area contributed by atoms with E-state index in [9.17, 15) is 4.79 Å². The standard InChI is InChI=1S/C11H21NO2/c1-2-14-11(13)9-7-5-3-4-6-8-10(9)12/h9-10H,2-8,12H2,1H3/t9-,10-/m0/s1. The Morgan fingerprint density at radius 2 is 1.93 bits per heavy atom. The fraction of sp³-hybridized carbons (Fsp3) is 0.909. The minimum absolute atomic E-state index is 0.00866. The van der Waals surface area contributed by atoms with E-state index in [1.54, 1.807) is 0 Å². The third-order valence-electron chi connectivity index (χ3n) is 2.91. The Labute approximate surface area is 86.0 Å². The molecular weight excluding hydrogens is 178 g/mol. The van der Waals surface area contributed by atoms with Crippen LogP contribution in [0.25, 0.3) is 0 Å². The molecule has 0 heterocycles. The second kappa shape index (κ2) is 6.02. The molecule has 0 aliphatic heterocycles. The number of ether oxygens (including phenoxy) is 1. The van der Waals surface area contributed by atoms with Crippen LogP contribution < -0.4 is 5.73 Å². The number of rotatable bonds is 2. The molecule has 1 rings (SSSR count). The highest BCUT2D eigenvalue weighted by molar-refractivity contribution is 5.73. The van der Waals surface area contributed by atoms with Gasteiger partial charge >= 0.3 is 5.97 Å². The van der Waals surface area contributed by atoms with E-state index in [1.807, 2.05) is 6.92 Å². The Bertz CT molecular complexity index is 182. The first-order chi connectivity index (χ1) is 6.75. The number of hydrogen-bond donors (Lipinski definition) is 1. The second-order valence-electron chi connectivity index (χ2n) is 4.01. The highest BCUT2D eigenvalue weighted by atomic mass is 16.5. The molecular formula is C11H21NO2. The third kappa shape index (κ3) is 3.29. The van der Waals surface area contributed by atoms with Gasteiger partial charge in [-0.2, -0.15) is 0 Å². The molecule has 0 unspecified atom stereocenters. The lowest BCUT2D eigenvalue weighted by atomic mass is 9.87. The Morgan fingerprint density at radius 3 is 2.57 bits per heavy atom. The van der Waals surface area contributed by atoms with E-state index in [-0.39, 0.29) is 17.9 Å². The summed E-state index contributed by atoms with van der Waals surface area (Å²) in [5.41, 5.74) is 5.98. The summed E-state index contributed by atoms with van der Waals surface area (Å²) < 4.78 is 5.03. The van der Waals surface area contributed by atoms with Crippen LogP contribution in [0.5, 0.6) is 0 Å².